The summed E-state index contributed by atoms with van der Waals surface area (Å²) in [6, 6.07) is 0.00463. The Morgan fingerprint density at radius 2 is 2.50 bits per heavy atom. The number of nitrogens with zero attached hydrogens (tertiary/aromatic N) is 1. The Labute approximate surface area is 88.7 Å². The molecule has 0 spiro atoms. The number of carbonyl (C=O) groups is 1. The van der Waals surface area contributed by atoms with Crippen LogP contribution in [0.3, 0.4) is 0 Å². The summed E-state index contributed by atoms with van der Waals surface area (Å²) in [6.45, 7) is 0. The predicted octanol–water partition coefficient (Wildman–Crippen LogP) is 0.632. The van der Waals surface area contributed by atoms with Gasteiger partial charge < -0.3 is 10.1 Å². The third kappa shape index (κ3) is 2.82. The van der Waals surface area contributed by atoms with E-state index in [1.165, 1.54) is 0 Å². The molecular formula is C4H6AcNOS-. The van der Waals surface area contributed by atoms with Crippen molar-refractivity contribution in [2.24, 2.45) is 0 Å². The first-order chi connectivity index (χ1) is 3.43. The van der Waals surface area contributed by atoms with Gasteiger partial charge in [0.2, 0.25) is 0 Å². The van der Waals surface area contributed by atoms with E-state index in [0.717, 1.165) is 17.9 Å². The Morgan fingerprint density at radius 3 is 2.75 bits per heavy atom. The van der Waals surface area contributed by atoms with Crippen LogP contribution >= 0.6 is 11.8 Å². The minimum Gasteiger partial charge on any atom is -0.644 e. The van der Waals surface area contributed by atoms with E-state index in [1.54, 1.807) is 11.8 Å². The molecule has 2 nitrogen and oxygen atoms in total. The molecule has 0 aliphatic carbocycles. The molecule has 1 unspecified atom stereocenters. The Balaban J connectivity index is 0.000000490. The Kier molecular flexibility index (Phi) is 6.15. The molecule has 0 saturated carbocycles. The maximum Gasteiger partial charge on any atom is 0.103 e. The van der Waals surface area contributed by atoms with E-state index < -0.39 is 0 Å². The molecule has 1 aliphatic rings. The van der Waals surface area contributed by atoms with Crippen molar-refractivity contribution in [1.29, 1.82) is 0 Å². The molecule has 0 bridgehead atoms. The van der Waals surface area contributed by atoms with Gasteiger partial charge in [-0.15, -0.1) is 0 Å². The summed E-state index contributed by atoms with van der Waals surface area (Å²) in [5.74, 6) is 1.70. The second kappa shape index (κ2) is 5.23. The van der Waals surface area contributed by atoms with Gasteiger partial charge in [0.05, 0.1) is 0 Å². The van der Waals surface area contributed by atoms with Crippen LogP contribution < -0.4 is 0 Å². The second-order valence-corrected chi connectivity index (χ2v) is 2.39. The fourth-order valence-corrected chi connectivity index (χ4v) is 1.28. The predicted molar refractivity (Wildman–Crippen MR) is 30.5 cm³/mol. The van der Waals surface area contributed by atoms with E-state index in [-0.39, 0.29) is 50.1 Å². The SMILES string of the molecule is O=CC1CSC[N-]1.[Ac]. The molecule has 1 heterocycles. The largest absolute Gasteiger partial charge is 0.644 e. The molecule has 43 valence electrons. The van der Waals surface area contributed by atoms with E-state index >= 15 is 0 Å². The maximum atomic E-state index is 9.90. The molecule has 1 rings (SSSR count). The molecule has 8 heavy (non-hydrogen) atoms. The second-order valence-electron chi connectivity index (χ2n) is 1.39. The van der Waals surface area contributed by atoms with E-state index in [2.05, 4.69) is 5.32 Å². The minimum absolute atomic E-state index is 0. The van der Waals surface area contributed by atoms with Crippen molar-refractivity contribution in [3.05, 3.63) is 5.32 Å². The van der Waals surface area contributed by atoms with Crippen LogP contribution in [0.15, 0.2) is 0 Å². The normalized spacial score (nSPS) is 26.8. The molecule has 0 N–H and O–H groups in total. The fraction of sp³-hybridized carbons (Fsp3) is 0.750. The van der Waals surface area contributed by atoms with Crippen molar-refractivity contribution >= 4 is 18.0 Å². The first-order valence-corrected chi connectivity index (χ1v) is 3.28. The number of hydrogen-bond donors (Lipinski definition) is 0. The van der Waals surface area contributed by atoms with Crippen LogP contribution in [0.5, 0.6) is 0 Å². The summed E-state index contributed by atoms with van der Waals surface area (Å²) in [4.78, 5) is 9.90. The summed E-state index contributed by atoms with van der Waals surface area (Å²) >= 11 is 1.71. The average molecular weight is 343 g/mol. The van der Waals surface area contributed by atoms with Crippen molar-refractivity contribution in [3.63, 3.8) is 0 Å². The van der Waals surface area contributed by atoms with Gasteiger partial charge in [0, 0.05) is 44.1 Å². The molecule has 1 saturated heterocycles. The van der Waals surface area contributed by atoms with E-state index in [4.69, 9.17) is 0 Å². The van der Waals surface area contributed by atoms with Crippen molar-refractivity contribution in [2.75, 3.05) is 11.6 Å². The quantitative estimate of drug-likeness (QED) is 0.654. The first kappa shape index (κ1) is 9.42. The summed E-state index contributed by atoms with van der Waals surface area (Å²) in [7, 11) is 0. The zero-order valence-electron chi connectivity index (χ0n) is 4.41. The molecule has 1 fully saturated rings. The van der Waals surface area contributed by atoms with Crippen LogP contribution in [0.1, 0.15) is 0 Å². The van der Waals surface area contributed by atoms with Gasteiger partial charge in [0.25, 0.3) is 0 Å². The fourth-order valence-electron chi connectivity index (χ4n) is 0.457. The van der Waals surface area contributed by atoms with Crippen LogP contribution in [0.4, 0.5) is 0 Å². The van der Waals surface area contributed by atoms with Gasteiger partial charge in [-0.1, -0.05) is 11.9 Å². The smallest absolute Gasteiger partial charge is 0.103 e. The molecule has 0 aromatic carbocycles. The van der Waals surface area contributed by atoms with E-state index in [1.807, 2.05) is 0 Å². The Morgan fingerprint density at radius 1 is 1.75 bits per heavy atom. The van der Waals surface area contributed by atoms with Crippen molar-refractivity contribution < 1.29 is 48.9 Å². The van der Waals surface area contributed by atoms with Gasteiger partial charge in [-0.2, -0.15) is 11.8 Å². The van der Waals surface area contributed by atoms with E-state index in [0.29, 0.717) is 0 Å². The number of thioether (sulfide) groups is 1. The van der Waals surface area contributed by atoms with Gasteiger partial charge in [-0.05, 0) is 5.75 Å². The minimum atomic E-state index is 0. The van der Waals surface area contributed by atoms with Crippen LogP contribution in [0.2, 0.25) is 0 Å². The number of hydrogen-bond acceptors (Lipinski definition) is 2. The molecule has 1 aliphatic heterocycles. The summed E-state index contributed by atoms with van der Waals surface area (Å²) in [6.07, 6.45) is 0.903. The topological polar surface area (TPSA) is 31.2 Å². The molecule has 1 atom stereocenters. The third-order valence-electron chi connectivity index (χ3n) is 0.846. The van der Waals surface area contributed by atoms with Crippen LogP contribution in [-0.2, 0) is 4.79 Å². The molecular weight excluding hydrogens is 337 g/mol. The van der Waals surface area contributed by atoms with Crippen molar-refractivity contribution in [3.8, 4) is 0 Å². The zero-order chi connectivity index (χ0) is 5.11. The Bertz CT molecular complexity index is 74.4. The van der Waals surface area contributed by atoms with Gasteiger partial charge in [-0.3, -0.25) is 0 Å². The van der Waals surface area contributed by atoms with Crippen molar-refractivity contribution in [2.45, 2.75) is 6.04 Å². The maximum absolute atomic E-state index is 9.90. The number of carbonyl (C=O) groups excluding carboxylic acids is 1. The number of rotatable bonds is 1. The zero-order valence-corrected chi connectivity index (χ0v) is 9.97. The number of aldehydes is 1. The molecule has 0 aromatic heterocycles. The average Bonchev–Trinajstić information content (AvgIpc) is 2.14. The first-order valence-electron chi connectivity index (χ1n) is 2.13. The van der Waals surface area contributed by atoms with Crippen LogP contribution in [0, 0.1) is 44.1 Å². The van der Waals surface area contributed by atoms with Crippen molar-refractivity contribution in [1.82, 2.24) is 0 Å². The monoisotopic (exact) mass is 343 g/mol. The molecule has 0 amide bonds. The van der Waals surface area contributed by atoms with Gasteiger partial charge in [-0.25, -0.2) is 0 Å². The van der Waals surface area contributed by atoms with Crippen LogP contribution in [0.25, 0.3) is 5.32 Å². The van der Waals surface area contributed by atoms with Gasteiger partial charge >= 0.3 is 0 Å². The van der Waals surface area contributed by atoms with Gasteiger partial charge in [0.15, 0.2) is 0 Å². The summed E-state index contributed by atoms with van der Waals surface area (Å²) in [5.41, 5.74) is 0. The molecule has 0 aromatic rings. The van der Waals surface area contributed by atoms with E-state index in [9.17, 15) is 4.79 Å². The standard InChI is InChI=1S/C4H6NOS.Ac/c6-1-4-2-7-3-5-4;/h1,4H,2-3H2;/q-1;. The third-order valence-corrected chi connectivity index (χ3v) is 1.75. The van der Waals surface area contributed by atoms with Gasteiger partial charge in [0.1, 0.15) is 6.29 Å². The Hall–Kier alpha value is 1.42. The van der Waals surface area contributed by atoms with Crippen LogP contribution in [-0.4, -0.2) is 24.0 Å². The molecule has 1 radical (unpaired) electrons. The summed E-state index contributed by atoms with van der Waals surface area (Å²) in [5, 5.41) is 3.95. The summed E-state index contributed by atoms with van der Waals surface area (Å²) < 4.78 is 0. The molecule has 4 heteroatoms.